The van der Waals surface area contributed by atoms with Crippen LogP contribution >= 0.6 is 15.9 Å². The number of esters is 1. The van der Waals surface area contributed by atoms with Crippen LogP contribution in [0.2, 0.25) is 0 Å². The lowest BCUT2D eigenvalue weighted by atomic mass is 10.4. The van der Waals surface area contributed by atoms with Gasteiger partial charge in [-0.05, 0) is 15.9 Å². The highest BCUT2D eigenvalue weighted by molar-refractivity contribution is 9.10. The molecule has 1 aromatic heterocycles. The van der Waals surface area contributed by atoms with Crippen LogP contribution in [0.4, 0.5) is 8.78 Å². The van der Waals surface area contributed by atoms with E-state index >= 15 is 0 Å². The second kappa shape index (κ2) is 4.96. The number of ether oxygens (including phenoxy) is 2. The van der Waals surface area contributed by atoms with E-state index in [1.54, 1.807) is 0 Å². The number of methoxy groups -OCH3 is 1. The normalized spacial score (nSPS) is 10.2. The predicted octanol–water partition coefficient (Wildman–Crippen LogP) is 1.63. The Hall–Kier alpha value is -1.31. The molecule has 0 aliphatic heterocycles. The van der Waals surface area contributed by atoms with Gasteiger partial charge in [-0.3, -0.25) is 0 Å². The summed E-state index contributed by atoms with van der Waals surface area (Å²) in [6.45, 7) is -3.08. The summed E-state index contributed by atoms with van der Waals surface area (Å²) in [6, 6.07) is 0. The largest absolute Gasteiger partial charge is 0.464 e. The van der Waals surface area contributed by atoms with Crippen LogP contribution in [-0.4, -0.2) is 29.7 Å². The van der Waals surface area contributed by atoms with Crippen LogP contribution in [0.15, 0.2) is 10.8 Å². The molecule has 0 spiro atoms. The molecule has 0 bridgehead atoms. The van der Waals surface area contributed by atoms with Gasteiger partial charge in [-0.2, -0.15) is 8.78 Å². The molecule has 0 aromatic carbocycles. The Bertz CT molecular complexity index is 375. The number of aromatic nitrogens is 2. The zero-order chi connectivity index (χ0) is 11.4. The first-order chi connectivity index (χ1) is 7.04. The van der Waals surface area contributed by atoms with E-state index in [-0.39, 0.29) is 4.60 Å². The molecule has 5 nitrogen and oxygen atoms in total. The van der Waals surface area contributed by atoms with E-state index in [2.05, 4.69) is 35.4 Å². The van der Waals surface area contributed by atoms with Gasteiger partial charge in [-0.1, -0.05) is 0 Å². The third-order valence-electron chi connectivity index (χ3n) is 1.29. The second-order valence-corrected chi connectivity index (χ2v) is 3.03. The fourth-order valence-electron chi connectivity index (χ4n) is 0.757. The van der Waals surface area contributed by atoms with E-state index in [1.807, 2.05) is 0 Å². The van der Waals surface area contributed by atoms with Gasteiger partial charge in [0.2, 0.25) is 5.69 Å². The lowest BCUT2D eigenvalue weighted by Crippen LogP contribution is -2.12. The minimum absolute atomic E-state index is 0.213. The van der Waals surface area contributed by atoms with Crippen molar-refractivity contribution in [2.24, 2.45) is 0 Å². The first kappa shape index (κ1) is 11.8. The Kier molecular flexibility index (Phi) is 3.89. The summed E-state index contributed by atoms with van der Waals surface area (Å²) in [5.74, 6) is -1.47. The minimum atomic E-state index is -3.08. The highest BCUT2D eigenvalue weighted by atomic mass is 79.9. The van der Waals surface area contributed by atoms with Gasteiger partial charge in [0, 0.05) is 0 Å². The van der Waals surface area contributed by atoms with Crippen LogP contribution in [0.1, 0.15) is 10.5 Å². The fourth-order valence-corrected chi connectivity index (χ4v) is 1.04. The molecule has 0 aliphatic rings. The summed E-state index contributed by atoms with van der Waals surface area (Å²) in [4.78, 5) is 18.2. The van der Waals surface area contributed by atoms with Gasteiger partial charge in [-0.25, -0.2) is 14.8 Å². The highest BCUT2D eigenvalue weighted by Gasteiger charge is 2.20. The van der Waals surface area contributed by atoms with E-state index in [0.717, 1.165) is 13.3 Å². The monoisotopic (exact) mass is 282 g/mol. The highest BCUT2D eigenvalue weighted by Crippen LogP contribution is 2.18. The zero-order valence-corrected chi connectivity index (χ0v) is 8.99. The number of carbonyl (C=O) groups excluding carboxylic acids is 1. The Morgan fingerprint density at radius 3 is 2.80 bits per heavy atom. The molecule has 1 heterocycles. The molecule has 82 valence electrons. The number of carbonyl (C=O) groups is 1. The summed E-state index contributed by atoms with van der Waals surface area (Å²) >= 11 is 2.94. The Balaban J connectivity index is 3.08. The van der Waals surface area contributed by atoms with Crippen molar-refractivity contribution in [2.45, 2.75) is 6.61 Å². The first-order valence-electron chi connectivity index (χ1n) is 3.60. The van der Waals surface area contributed by atoms with Crippen LogP contribution in [-0.2, 0) is 4.74 Å². The van der Waals surface area contributed by atoms with Crippen molar-refractivity contribution >= 4 is 21.9 Å². The molecule has 15 heavy (non-hydrogen) atoms. The van der Waals surface area contributed by atoms with Crippen LogP contribution in [0.5, 0.6) is 5.88 Å². The number of hydrogen-bond acceptors (Lipinski definition) is 5. The number of nitrogens with zero attached hydrogens (tertiary/aromatic N) is 2. The van der Waals surface area contributed by atoms with Gasteiger partial charge in [0.05, 0.1) is 13.3 Å². The molecule has 1 rings (SSSR count). The Labute approximate surface area is 91.6 Å². The molecule has 8 heteroatoms. The Morgan fingerprint density at radius 2 is 2.27 bits per heavy atom. The topological polar surface area (TPSA) is 61.3 Å². The number of alkyl halides is 2. The molecule has 0 saturated heterocycles. The van der Waals surface area contributed by atoms with Gasteiger partial charge in [0.1, 0.15) is 4.60 Å². The van der Waals surface area contributed by atoms with E-state index in [0.29, 0.717) is 0 Å². The van der Waals surface area contributed by atoms with Gasteiger partial charge in [-0.15, -0.1) is 0 Å². The average Bonchev–Trinajstić information content (AvgIpc) is 2.19. The molecule has 1 aromatic rings. The van der Waals surface area contributed by atoms with Gasteiger partial charge >= 0.3 is 12.6 Å². The van der Waals surface area contributed by atoms with Crippen molar-refractivity contribution in [2.75, 3.05) is 7.11 Å². The van der Waals surface area contributed by atoms with E-state index in [4.69, 9.17) is 0 Å². The smallest absolute Gasteiger partial charge is 0.388 e. The maximum absolute atomic E-state index is 11.9. The van der Waals surface area contributed by atoms with E-state index in [1.165, 1.54) is 0 Å². The van der Waals surface area contributed by atoms with E-state index < -0.39 is 24.2 Å². The minimum Gasteiger partial charge on any atom is -0.464 e. The van der Waals surface area contributed by atoms with Crippen molar-refractivity contribution in [1.82, 2.24) is 9.97 Å². The SMILES string of the molecule is COC(=O)c1nc(Br)cnc1OC(F)F. The average molecular weight is 283 g/mol. The van der Waals surface area contributed by atoms with Gasteiger partial charge in [0.25, 0.3) is 5.88 Å². The van der Waals surface area contributed by atoms with Crippen LogP contribution in [0.25, 0.3) is 0 Å². The van der Waals surface area contributed by atoms with Gasteiger partial charge < -0.3 is 9.47 Å². The molecular weight excluding hydrogens is 278 g/mol. The quantitative estimate of drug-likeness (QED) is 0.789. The third kappa shape index (κ3) is 3.08. The zero-order valence-electron chi connectivity index (χ0n) is 7.41. The van der Waals surface area contributed by atoms with Crippen LogP contribution in [0, 0.1) is 0 Å². The number of hydrogen-bond donors (Lipinski definition) is 0. The van der Waals surface area contributed by atoms with Crippen LogP contribution in [0.3, 0.4) is 0 Å². The van der Waals surface area contributed by atoms with Crippen molar-refractivity contribution in [3.05, 3.63) is 16.5 Å². The molecule has 0 N–H and O–H groups in total. The van der Waals surface area contributed by atoms with Crippen molar-refractivity contribution in [3.63, 3.8) is 0 Å². The first-order valence-corrected chi connectivity index (χ1v) is 4.39. The molecule has 0 unspecified atom stereocenters. The van der Waals surface area contributed by atoms with Crippen molar-refractivity contribution in [1.29, 1.82) is 0 Å². The maximum atomic E-state index is 11.9. The summed E-state index contributed by atoms with van der Waals surface area (Å²) < 4.78 is 32.4. The molecule has 0 atom stereocenters. The van der Waals surface area contributed by atoms with Crippen LogP contribution < -0.4 is 4.74 Å². The Morgan fingerprint density at radius 1 is 1.60 bits per heavy atom. The molecular formula is C7H5BrF2N2O3. The predicted molar refractivity (Wildman–Crippen MR) is 47.7 cm³/mol. The third-order valence-corrected chi connectivity index (χ3v) is 1.67. The van der Waals surface area contributed by atoms with Gasteiger partial charge in [0.15, 0.2) is 0 Å². The van der Waals surface area contributed by atoms with E-state index in [9.17, 15) is 13.6 Å². The molecule has 0 radical (unpaired) electrons. The lowest BCUT2D eigenvalue weighted by molar-refractivity contribution is -0.0537. The summed E-state index contributed by atoms with van der Waals surface area (Å²) in [5, 5.41) is 0. The summed E-state index contributed by atoms with van der Waals surface area (Å²) in [6.07, 6.45) is 1.13. The molecule has 0 saturated carbocycles. The second-order valence-electron chi connectivity index (χ2n) is 2.22. The standard InChI is InChI=1S/C7H5BrF2N2O3/c1-14-6(13)4-5(15-7(9)10)11-2-3(8)12-4/h2,7H,1H3. The van der Waals surface area contributed by atoms with Crippen molar-refractivity contribution < 1.29 is 23.0 Å². The molecule has 0 aliphatic carbocycles. The number of rotatable bonds is 3. The fraction of sp³-hybridized carbons (Fsp3) is 0.286. The maximum Gasteiger partial charge on any atom is 0.388 e. The lowest BCUT2D eigenvalue weighted by Gasteiger charge is -2.06. The molecule has 0 fully saturated rings. The van der Waals surface area contributed by atoms with Crippen molar-refractivity contribution in [3.8, 4) is 5.88 Å². The molecule has 0 amide bonds. The summed E-state index contributed by atoms with van der Waals surface area (Å²) in [7, 11) is 1.09. The summed E-state index contributed by atoms with van der Waals surface area (Å²) in [5.41, 5.74) is -0.410. The number of halogens is 3.